The molecular weight excluding hydrogens is 386 g/mol. The molecule has 1 aromatic heterocycles. The molecule has 0 saturated heterocycles. The molecular formula is C23H19NO2S2. The summed E-state index contributed by atoms with van der Waals surface area (Å²) in [5.74, 6) is 1.34. The highest BCUT2D eigenvalue weighted by atomic mass is 32.2. The first kappa shape index (κ1) is 18.7. The van der Waals surface area contributed by atoms with Crippen LogP contribution in [0.4, 0.5) is 0 Å². The predicted octanol–water partition coefficient (Wildman–Crippen LogP) is 6.34. The molecule has 0 saturated carbocycles. The van der Waals surface area contributed by atoms with Crippen molar-refractivity contribution >= 4 is 39.1 Å². The lowest BCUT2D eigenvalue weighted by Gasteiger charge is -2.03. The van der Waals surface area contributed by atoms with E-state index in [-0.39, 0.29) is 5.78 Å². The van der Waals surface area contributed by atoms with E-state index in [1.54, 1.807) is 11.3 Å². The first-order valence-electron chi connectivity index (χ1n) is 9.08. The molecule has 0 radical (unpaired) electrons. The number of benzene rings is 3. The van der Waals surface area contributed by atoms with Gasteiger partial charge in [0.25, 0.3) is 0 Å². The Hall–Kier alpha value is -2.63. The second kappa shape index (κ2) is 8.59. The minimum Gasteiger partial charge on any atom is -0.494 e. The van der Waals surface area contributed by atoms with Gasteiger partial charge in [0.15, 0.2) is 10.1 Å². The molecule has 5 heteroatoms. The minimum atomic E-state index is 0.110. The van der Waals surface area contributed by atoms with E-state index in [2.05, 4.69) is 17.1 Å². The average Bonchev–Trinajstić information content (AvgIpc) is 3.15. The van der Waals surface area contributed by atoms with Gasteiger partial charge >= 0.3 is 0 Å². The number of thiazole rings is 1. The highest BCUT2D eigenvalue weighted by molar-refractivity contribution is 8.01. The molecule has 0 bridgehead atoms. The summed E-state index contributed by atoms with van der Waals surface area (Å²) in [7, 11) is 0. The van der Waals surface area contributed by atoms with Gasteiger partial charge in [-0.3, -0.25) is 4.79 Å². The summed E-state index contributed by atoms with van der Waals surface area (Å²) < 4.78 is 7.52. The van der Waals surface area contributed by atoms with Gasteiger partial charge in [-0.1, -0.05) is 66.4 Å². The maximum atomic E-state index is 12.6. The molecule has 0 amide bonds. The normalized spacial score (nSPS) is 10.9. The van der Waals surface area contributed by atoms with Crippen LogP contribution >= 0.6 is 23.1 Å². The minimum absolute atomic E-state index is 0.110. The number of carbonyl (C=O) groups excluding carboxylic acids is 1. The number of nitrogens with zero attached hydrogens (tertiary/aromatic N) is 1. The Bertz CT molecular complexity index is 1090. The van der Waals surface area contributed by atoms with Gasteiger partial charge in [0.1, 0.15) is 5.75 Å². The number of thioether (sulfide) groups is 1. The van der Waals surface area contributed by atoms with Crippen molar-refractivity contribution in [2.24, 2.45) is 0 Å². The number of Topliss-reactive ketones (excluding diaryl/α,β-unsaturated/α-hetero) is 1. The summed E-state index contributed by atoms with van der Waals surface area (Å²) in [6, 6.07) is 23.9. The van der Waals surface area contributed by atoms with Crippen molar-refractivity contribution in [3.8, 4) is 16.9 Å². The standard InChI is InChI=1S/C23H19NO2S2/c1-2-26-19-12-13-20-22(14-19)28-23(24-20)27-15-21(25)18-10-8-17(9-11-18)16-6-4-3-5-7-16/h3-14H,2,15H2,1H3. The SMILES string of the molecule is CCOc1ccc2nc(SCC(=O)c3ccc(-c4ccccc4)cc3)sc2c1. The molecule has 140 valence electrons. The molecule has 0 N–H and O–H groups in total. The lowest BCUT2D eigenvalue weighted by atomic mass is 10.0. The molecule has 0 aliphatic carbocycles. The van der Waals surface area contributed by atoms with E-state index in [0.29, 0.717) is 12.4 Å². The fourth-order valence-electron chi connectivity index (χ4n) is 2.89. The van der Waals surface area contributed by atoms with Crippen LogP contribution < -0.4 is 4.74 Å². The van der Waals surface area contributed by atoms with Gasteiger partial charge in [-0.05, 0) is 36.2 Å². The van der Waals surface area contributed by atoms with Crippen LogP contribution in [-0.2, 0) is 0 Å². The van der Waals surface area contributed by atoms with E-state index in [9.17, 15) is 4.79 Å². The van der Waals surface area contributed by atoms with E-state index >= 15 is 0 Å². The number of aromatic nitrogens is 1. The molecule has 0 aliphatic rings. The maximum absolute atomic E-state index is 12.6. The van der Waals surface area contributed by atoms with Crippen molar-refractivity contribution < 1.29 is 9.53 Å². The Morgan fingerprint density at radius 3 is 2.50 bits per heavy atom. The molecule has 3 aromatic carbocycles. The zero-order valence-corrected chi connectivity index (χ0v) is 17.1. The third kappa shape index (κ3) is 4.26. The summed E-state index contributed by atoms with van der Waals surface area (Å²) in [4.78, 5) is 17.2. The van der Waals surface area contributed by atoms with E-state index in [1.165, 1.54) is 11.8 Å². The number of fused-ring (bicyclic) bond motifs is 1. The molecule has 28 heavy (non-hydrogen) atoms. The molecule has 0 unspecified atom stereocenters. The molecule has 3 nitrogen and oxygen atoms in total. The van der Waals surface area contributed by atoms with Crippen molar-refractivity contribution in [3.63, 3.8) is 0 Å². The second-order valence-corrected chi connectivity index (χ2v) is 8.45. The molecule has 0 aliphatic heterocycles. The van der Waals surface area contributed by atoms with E-state index in [4.69, 9.17) is 4.74 Å². The predicted molar refractivity (Wildman–Crippen MR) is 118 cm³/mol. The first-order chi connectivity index (χ1) is 13.7. The highest BCUT2D eigenvalue weighted by Crippen LogP contribution is 2.32. The van der Waals surface area contributed by atoms with Crippen molar-refractivity contribution in [3.05, 3.63) is 78.4 Å². The van der Waals surface area contributed by atoms with Crippen LogP contribution in [0.15, 0.2) is 77.1 Å². The van der Waals surface area contributed by atoms with Crippen molar-refractivity contribution in [1.29, 1.82) is 0 Å². The van der Waals surface area contributed by atoms with Crippen LogP contribution in [-0.4, -0.2) is 23.1 Å². The van der Waals surface area contributed by atoms with Gasteiger partial charge in [-0.15, -0.1) is 11.3 Å². The second-order valence-electron chi connectivity index (χ2n) is 6.20. The maximum Gasteiger partial charge on any atom is 0.173 e. The number of carbonyl (C=O) groups is 1. The lowest BCUT2D eigenvalue weighted by Crippen LogP contribution is -2.01. The molecule has 0 fully saturated rings. The fourth-order valence-corrected chi connectivity index (χ4v) is 4.88. The van der Waals surface area contributed by atoms with Crippen LogP contribution in [0.1, 0.15) is 17.3 Å². The number of rotatable bonds is 7. The van der Waals surface area contributed by atoms with Crippen LogP contribution in [0.25, 0.3) is 21.3 Å². The van der Waals surface area contributed by atoms with Gasteiger partial charge in [0, 0.05) is 5.56 Å². The monoisotopic (exact) mass is 405 g/mol. The van der Waals surface area contributed by atoms with Gasteiger partial charge in [0.05, 0.1) is 22.6 Å². The number of hydrogen-bond donors (Lipinski definition) is 0. The molecule has 0 atom stereocenters. The van der Waals surface area contributed by atoms with E-state index < -0.39 is 0 Å². The summed E-state index contributed by atoms with van der Waals surface area (Å²) in [6.07, 6.45) is 0. The third-order valence-electron chi connectivity index (χ3n) is 4.29. The van der Waals surface area contributed by atoms with Gasteiger partial charge in [-0.2, -0.15) is 0 Å². The average molecular weight is 406 g/mol. The molecule has 0 spiro atoms. The van der Waals surface area contributed by atoms with Crippen LogP contribution in [0, 0.1) is 0 Å². The quantitative estimate of drug-likeness (QED) is 0.266. The topological polar surface area (TPSA) is 39.2 Å². The molecule has 1 heterocycles. The summed E-state index contributed by atoms with van der Waals surface area (Å²) in [5.41, 5.74) is 3.93. The molecule has 4 aromatic rings. The Morgan fingerprint density at radius 1 is 1.00 bits per heavy atom. The summed E-state index contributed by atoms with van der Waals surface area (Å²) in [5, 5.41) is 0. The fraction of sp³-hybridized carbons (Fsp3) is 0.130. The Balaban J connectivity index is 1.42. The number of ketones is 1. The number of hydrogen-bond acceptors (Lipinski definition) is 5. The summed E-state index contributed by atoms with van der Waals surface area (Å²) in [6.45, 7) is 2.61. The first-order valence-corrected chi connectivity index (χ1v) is 10.9. The Labute approximate surface area is 172 Å². The van der Waals surface area contributed by atoms with Crippen LogP contribution in [0.3, 0.4) is 0 Å². The zero-order chi connectivity index (χ0) is 19.3. The van der Waals surface area contributed by atoms with Crippen molar-refractivity contribution in [1.82, 2.24) is 4.98 Å². The van der Waals surface area contributed by atoms with Gasteiger partial charge < -0.3 is 4.74 Å². The van der Waals surface area contributed by atoms with Crippen LogP contribution in [0.2, 0.25) is 0 Å². The Kier molecular flexibility index (Phi) is 5.74. The van der Waals surface area contributed by atoms with Crippen LogP contribution in [0.5, 0.6) is 5.75 Å². The Morgan fingerprint density at radius 2 is 1.75 bits per heavy atom. The van der Waals surface area contributed by atoms with E-state index in [0.717, 1.165) is 37.0 Å². The van der Waals surface area contributed by atoms with E-state index in [1.807, 2.05) is 67.6 Å². The summed E-state index contributed by atoms with van der Waals surface area (Å²) >= 11 is 3.08. The lowest BCUT2D eigenvalue weighted by molar-refractivity contribution is 0.102. The number of ether oxygens (including phenoxy) is 1. The highest BCUT2D eigenvalue weighted by Gasteiger charge is 2.11. The molecule has 4 rings (SSSR count). The van der Waals surface area contributed by atoms with Gasteiger partial charge in [-0.25, -0.2) is 4.98 Å². The van der Waals surface area contributed by atoms with Gasteiger partial charge in [0.2, 0.25) is 0 Å². The zero-order valence-electron chi connectivity index (χ0n) is 15.4. The largest absolute Gasteiger partial charge is 0.494 e. The smallest absolute Gasteiger partial charge is 0.173 e. The van der Waals surface area contributed by atoms with Crippen molar-refractivity contribution in [2.45, 2.75) is 11.3 Å². The third-order valence-corrected chi connectivity index (χ3v) is 6.45. The van der Waals surface area contributed by atoms with Crippen molar-refractivity contribution in [2.75, 3.05) is 12.4 Å².